The Hall–Kier alpha value is -2.60. The van der Waals surface area contributed by atoms with E-state index in [1.807, 2.05) is 0 Å². The summed E-state index contributed by atoms with van der Waals surface area (Å²) in [5, 5.41) is 0. The van der Waals surface area contributed by atoms with Crippen molar-refractivity contribution in [1.82, 2.24) is 0 Å². The number of benzene rings is 1. The van der Waals surface area contributed by atoms with Gasteiger partial charge < -0.3 is 0 Å². The third-order valence-electron chi connectivity index (χ3n) is 7.13. The van der Waals surface area contributed by atoms with Gasteiger partial charge in [-0.15, -0.1) is 0 Å². The molecule has 0 saturated carbocycles. The summed E-state index contributed by atoms with van der Waals surface area (Å²) in [5.41, 5.74) is 7.07. The minimum absolute atomic E-state index is 0.0505. The highest BCUT2D eigenvalue weighted by molar-refractivity contribution is 5.76. The lowest BCUT2D eigenvalue weighted by atomic mass is 9.73. The number of hydrogen-bond acceptors (Lipinski definition) is 0. The molecular weight excluding hydrogens is 372 g/mol. The summed E-state index contributed by atoms with van der Waals surface area (Å²) in [6.45, 7) is 9.24. The molecule has 31 heavy (non-hydrogen) atoms. The Bertz CT molecular complexity index is 1010. The molecule has 2 atom stereocenters. The van der Waals surface area contributed by atoms with E-state index in [1.54, 1.807) is 0 Å². The van der Waals surface area contributed by atoms with Crippen molar-refractivity contribution in [1.29, 1.82) is 0 Å². The lowest BCUT2D eigenvalue weighted by Gasteiger charge is -2.31. The van der Waals surface area contributed by atoms with Crippen molar-refractivity contribution in [3.05, 3.63) is 113 Å². The summed E-state index contributed by atoms with van der Waals surface area (Å²) in [7, 11) is 0. The summed E-state index contributed by atoms with van der Waals surface area (Å²) in [6, 6.07) is 8.83. The van der Waals surface area contributed by atoms with Crippen LogP contribution in [0.4, 0.5) is 0 Å². The highest BCUT2D eigenvalue weighted by Gasteiger charge is 2.29. The zero-order chi connectivity index (χ0) is 21.9. The maximum atomic E-state index is 2.47. The van der Waals surface area contributed by atoms with E-state index in [-0.39, 0.29) is 5.41 Å². The van der Waals surface area contributed by atoms with E-state index in [9.17, 15) is 0 Å². The molecule has 3 aliphatic rings. The van der Waals surface area contributed by atoms with Crippen LogP contribution in [0.3, 0.4) is 0 Å². The van der Waals surface area contributed by atoms with Gasteiger partial charge in [0.2, 0.25) is 0 Å². The fourth-order valence-corrected chi connectivity index (χ4v) is 4.72. The third kappa shape index (κ3) is 5.18. The van der Waals surface area contributed by atoms with Crippen LogP contribution in [-0.4, -0.2) is 0 Å². The summed E-state index contributed by atoms with van der Waals surface area (Å²) < 4.78 is 0. The minimum Gasteiger partial charge on any atom is -0.0836 e. The van der Waals surface area contributed by atoms with Gasteiger partial charge in [0.1, 0.15) is 0 Å². The molecule has 4 rings (SSSR count). The molecule has 0 heteroatoms. The molecular formula is C31H36. The van der Waals surface area contributed by atoms with E-state index in [0.29, 0.717) is 11.3 Å². The van der Waals surface area contributed by atoms with Gasteiger partial charge in [-0.05, 0) is 66.2 Å². The molecule has 0 aliphatic heterocycles. The van der Waals surface area contributed by atoms with Crippen molar-refractivity contribution < 1.29 is 0 Å². The summed E-state index contributed by atoms with van der Waals surface area (Å²) in [5.74, 6) is 0.561. The average Bonchev–Trinajstić information content (AvgIpc) is 3.17. The monoisotopic (exact) mass is 408 g/mol. The van der Waals surface area contributed by atoms with Crippen molar-refractivity contribution in [3.63, 3.8) is 0 Å². The largest absolute Gasteiger partial charge is 0.0836 e. The van der Waals surface area contributed by atoms with Crippen LogP contribution in [0.1, 0.15) is 57.6 Å². The molecule has 2 unspecified atom stereocenters. The van der Waals surface area contributed by atoms with Crippen molar-refractivity contribution in [2.24, 2.45) is 16.7 Å². The molecule has 0 bridgehead atoms. The molecule has 0 amide bonds. The highest BCUT2D eigenvalue weighted by Crippen LogP contribution is 2.41. The maximum absolute atomic E-state index is 2.47. The quantitative estimate of drug-likeness (QED) is 0.469. The second-order valence-electron chi connectivity index (χ2n) is 10.4. The normalized spacial score (nSPS) is 27.6. The first-order chi connectivity index (χ1) is 14.8. The number of hydrogen-bond donors (Lipinski definition) is 0. The first kappa shape index (κ1) is 21.6. The number of allylic oxidation sites excluding steroid dienone is 14. The van der Waals surface area contributed by atoms with Crippen LogP contribution in [0.25, 0.3) is 5.57 Å². The molecule has 160 valence electrons. The average molecular weight is 409 g/mol. The molecule has 0 aromatic heterocycles. The molecule has 0 spiro atoms. The fourth-order valence-electron chi connectivity index (χ4n) is 4.72. The molecule has 0 nitrogen and oxygen atoms in total. The second kappa shape index (κ2) is 8.87. The van der Waals surface area contributed by atoms with Gasteiger partial charge in [-0.1, -0.05) is 117 Å². The molecule has 3 aliphatic carbocycles. The Labute approximate surface area is 189 Å². The zero-order valence-corrected chi connectivity index (χ0v) is 19.6. The summed E-state index contributed by atoms with van der Waals surface area (Å²) in [6.07, 6.45) is 30.5. The zero-order valence-electron chi connectivity index (χ0n) is 19.6. The van der Waals surface area contributed by atoms with Crippen LogP contribution in [0.5, 0.6) is 0 Å². The Morgan fingerprint density at radius 3 is 2.29 bits per heavy atom. The van der Waals surface area contributed by atoms with Gasteiger partial charge in [-0.25, -0.2) is 0 Å². The topological polar surface area (TPSA) is 0 Å². The number of rotatable bonds is 3. The maximum Gasteiger partial charge on any atom is 0.00732 e. The first-order valence-corrected chi connectivity index (χ1v) is 11.7. The highest BCUT2D eigenvalue weighted by atomic mass is 14.3. The van der Waals surface area contributed by atoms with Gasteiger partial charge in [0, 0.05) is 5.41 Å². The van der Waals surface area contributed by atoms with Crippen LogP contribution in [0.15, 0.2) is 102 Å². The van der Waals surface area contributed by atoms with E-state index in [1.165, 1.54) is 27.8 Å². The Morgan fingerprint density at radius 2 is 1.48 bits per heavy atom. The minimum atomic E-state index is 0.0505. The summed E-state index contributed by atoms with van der Waals surface area (Å²) in [4.78, 5) is 0. The van der Waals surface area contributed by atoms with E-state index in [4.69, 9.17) is 0 Å². The Kier molecular flexibility index (Phi) is 6.19. The SMILES string of the molecule is Cc1ccc(C2=CC=CC(C)(C3CC=CC(C4=CCC(C)(C)CC=C4)=CC3)C=C2)cc1. The van der Waals surface area contributed by atoms with Gasteiger partial charge in [0.25, 0.3) is 0 Å². The lowest BCUT2D eigenvalue weighted by Crippen LogP contribution is -2.22. The predicted octanol–water partition coefficient (Wildman–Crippen LogP) is 8.71. The molecule has 1 aromatic rings. The van der Waals surface area contributed by atoms with Gasteiger partial charge in [-0.2, -0.15) is 0 Å². The molecule has 1 aromatic carbocycles. The van der Waals surface area contributed by atoms with Crippen molar-refractivity contribution in [2.45, 2.75) is 53.4 Å². The molecule has 0 saturated heterocycles. The van der Waals surface area contributed by atoms with E-state index in [0.717, 1.165) is 25.7 Å². The Morgan fingerprint density at radius 1 is 0.742 bits per heavy atom. The molecule has 0 N–H and O–H groups in total. The van der Waals surface area contributed by atoms with Gasteiger partial charge >= 0.3 is 0 Å². The first-order valence-electron chi connectivity index (χ1n) is 11.7. The lowest BCUT2D eigenvalue weighted by molar-refractivity contribution is 0.331. The van der Waals surface area contributed by atoms with Gasteiger partial charge in [-0.3, -0.25) is 0 Å². The predicted molar refractivity (Wildman–Crippen MR) is 136 cm³/mol. The second-order valence-corrected chi connectivity index (χ2v) is 10.4. The van der Waals surface area contributed by atoms with Crippen LogP contribution in [0, 0.1) is 23.7 Å². The number of aryl methyl sites for hydroxylation is 1. The molecule has 0 heterocycles. The fraction of sp³-hybridized carbons (Fsp3) is 0.355. The van der Waals surface area contributed by atoms with E-state index in [2.05, 4.69) is 119 Å². The van der Waals surface area contributed by atoms with Crippen molar-refractivity contribution in [2.75, 3.05) is 0 Å². The van der Waals surface area contributed by atoms with Gasteiger partial charge in [0.15, 0.2) is 0 Å². The van der Waals surface area contributed by atoms with Gasteiger partial charge in [0.05, 0.1) is 0 Å². The van der Waals surface area contributed by atoms with Crippen LogP contribution in [-0.2, 0) is 0 Å². The van der Waals surface area contributed by atoms with E-state index < -0.39 is 0 Å². The van der Waals surface area contributed by atoms with Crippen LogP contribution in [0.2, 0.25) is 0 Å². The van der Waals surface area contributed by atoms with Crippen molar-refractivity contribution in [3.8, 4) is 0 Å². The summed E-state index contributed by atoms with van der Waals surface area (Å²) >= 11 is 0. The van der Waals surface area contributed by atoms with Crippen molar-refractivity contribution >= 4 is 5.57 Å². The Balaban J connectivity index is 1.52. The smallest absolute Gasteiger partial charge is 0.00732 e. The molecule has 0 radical (unpaired) electrons. The van der Waals surface area contributed by atoms with Crippen LogP contribution < -0.4 is 0 Å². The standard InChI is InChI=1S/C31H36/c1-24-12-14-28(15-13-24)27-10-7-21-31(4,23-19-27)29-11-5-8-25(16-17-29)26-9-6-20-30(2,3)22-18-26/h5-10,12-16,18-19,21,23,29H,11,17,20,22H2,1-4H3. The van der Waals surface area contributed by atoms with E-state index >= 15 is 0 Å². The molecule has 0 fully saturated rings. The van der Waals surface area contributed by atoms with Crippen LogP contribution >= 0.6 is 0 Å². The third-order valence-corrected chi connectivity index (χ3v) is 7.13.